The number of anilines is 1. The van der Waals surface area contributed by atoms with Gasteiger partial charge in [0.15, 0.2) is 5.82 Å². The summed E-state index contributed by atoms with van der Waals surface area (Å²) in [6.45, 7) is 1.32. The van der Waals surface area contributed by atoms with Gasteiger partial charge in [-0.05, 0) is 18.6 Å². The molecule has 0 bridgehead atoms. The zero-order valence-electron chi connectivity index (χ0n) is 11.7. The van der Waals surface area contributed by atoms with E-state index in [9.17, 15) is 4.79 Å². The highest BCUT2D eigenvalue weighted by molar-refractivity contribution is 6.33. The van der Waals surface area contributed by atoms with Crippen molar-refractivity contribution >= 4 is 23.2 Å². The number of halogens is 1. The average molecular weight is 306 g/mol. The quantitative estimate of drug-likeness (QED) is 0.876. The predicted molar refractivity (Wildman–Crippen MR) is 80.0 cm³/mol. The van der Waals surface area contributed by atoms with Gasteiger partial charge in [0.05, 0.1) is 22.8 Å². The minimum absolute atomic E-state index is 0.176. The van der Waals surface area contributed by atoms with Crippen molar-refractivity contribution in [1.29, 1.82) is 0 Å². The molecule has 7 heteroatoms. The Morgan fingerprint density at radius 2 is 2.29 bits per heavy atom. The van der Waals surface area contributed by atoms with Crippen molar-refractivity contribution in [2.24, 2.45) is 0 Å². The number of nitrogen functional groups attached to an aromatic ring is 1. The summed E-state index contributed by atoms with van der Waals surface area (Å²) in [6, 6.07) is 5.06. The van der Waals surface area contributed by atoms with Gasteiger partial charge in [-0.25, -0.2) is 0 Å². The molecule has 2 N–H and O–H groups in total. The van der Waals surface area contributed by atoms with E-state index in [1.807, 2.05) is 0 Å². The molecule has 6 nitrogen and oxygen atoms in total. The maximum absolute atomic E-state index is 12.5. The number of para-hydroxylation sites is 1. The Balaban J connectivity index is 1.80. The fourth-order valence-electron chi connectivity index (χ4n) is 2.54. The lowest BCUT2D eigenvalue weighted by Crippen LogP contribution is -2.28. The number of nitrogens with zero attached hydrogens (tertiary/aromatic N) is 4. The van der Waals surface area contributed by atoms with Gasteiger partial charge in [0.1, 0.15) is 5.82 Å². The number of benzene rings is 1. The van der Waals surface area contributed by atoms with Gasteiger partial charge >= 0.3 is 0 Å². The molecule has 1 aromatic carbocycles. The molecule has 1 amide bonds. The van der Waals surface area contributed by atoms with Gasteiger partial charge in [-0.15, -0.1) is 10.2 Å². The van der Waals surface area contributed by atoms with Crippen LogP contribution in [0, 0.1) is 0 Å². The largest absolute Gasteiger partial charge is 0.397 e. The molecule has 1 aliphatic rings. The lowest BCUT2D eigenvalue weighted by atomic mass is 10.1. The maximum atomic E-state index is 12.5. The molecule has 21 heavy (non-hydrogen) atoms. The number of hydrogen-bond acceptors (Lipinski definition) is 4. The van der Waals surface area contributed by atoms with Crippen LogP contribution in [0.1, 0.15) is 28.4 Å². The molecule has 0 aliphatic carbocycles. The van der Waals surface area contributed by atoms with Gasteiger partial charge < -0.3 is 15.2 Å². The highest BCUT2D eigenvalue weighted by Crippen LogP contribution is 2.24. The van der Waals surface area contributed by atoms with Crippen LogP contribution in [0.3, 0.4) is 0 Å². The number of fused-ring (bicyclic) bond motifs is 1. The Labute approximate surface area is 127 Å². The van der Waals surface area contributed by atoms with Crippen LogP contribution < -0.4 is 5.73 Å². The van der Waals surface area contributed by atoms with Crippen molar-refractivity contribution in [3.05, 3.63) is 40.4 Å². The molecule has 0 spiro atoms. The summed E-state index contributed by atoms with van der Waals surface area (Å²) in [7, 11) is 1.72. The third kappa shape index (κ3) is 2.47. The van der Waals surface area contributed by atoms with E-state index in [1.54, 1.807) is 30.1 Å². The van der Waals surface area contributed by atoms with Crippen LogP contribution in [0.15, 0.2) is 18.2 Å². The molecule has 1 aromatic heterocycles. The predicted octanol–water partition coefficient (Wildman–Crippen LogP) is 1.73. The summed E-state index contributed by atoms with van der Waals surface area (Å²) < 4.78 is 2.07. The molecule has 0 saturated carbocycles. The molecule has 2 heterocycles. The first-order valence-corrected chi connectivity index (χ1v) is 7.16. The van der Waals surface area contributed by atoms with Crippen LogP contribution in [0.2, 0.25) is 5.02 Å². The lowest BCUT2D eigenvalue weighted by molar-refractivity contribution is 0.0781. The second kappa shape index (κ2) is 5.37. The zero-order chi connectivity index (χ0) is 15.0. The molecule has 0 atom stereocenters. The number of hydrogen-bond donors (Lipinski definition) is 1. The third-order valence-corrected chi connectivity index (χ3v) is 4.02. The van der Waals surface area contributed by atoms with Gasteiger partial charge in [-0.2, -0.15) is 0 Å². The molecule has 0 radical (unpaired) electrons. The van der Waals surface area contributed by atoms with E-state index in [4.69, 9.17) is 17.3 Å². The summed E-state index contributed by atoms with van der Waals surface area (Å²) in [4.78, 5) is 14.1. The second-order valence-electron chi connectivity index (χ2n) is 5.15. The number of nitrogens with two attached hydrogens (primary N) is 1. The van der Waals surface area contributed by atoms with E-state index < -0.39 is 0 Å². The van der Waals surface area contributed by atoms with Crippen molar-refractivity contribution in [2.45, 2.75) is 25.9 Å². The first-order valence-electron chi connectivity index (χ1n) is 6.78. The SMILES string of the molecule is CN(Cc1nnc2n1CCC2)C(=O)c1cccc(Cl)c1N. The highest BCUT2D eigenvalue weighted by atomic mass is 35.5. The Bertz CT molecular complexity index is 697. The molecule has 2 aromatic rings. The van der Waals surface area contributed by atoms with E-state index in [1.165, 1.54) is 0 Å². The Hall–Kier alpha value is -2.08. The Morgan fingerprint density at radius 1 is 1.48 bits per heavy atom. The van der Waals surface area contributed by atoms with Crippen molar-refractivity contribution in [1.82, 2.24) is 19.7 Å². The van der Waals surface area contributed by atoms with Crippen LogP contribution in [0.5, 0.6) is 0 Å². The van der Waals surface area contributed by atoms with E-state index in [2.05, 4.69) is 14.8 Å². The van der Waals surface area contributed by atoms with Crippen LogP contribution in [-0.4, -0.2) is 32.6 Å². The summed E-state index contributed by atoms with van der Waals surface area (Å²) >= 11 is 5.96. The number of aromatic nitrogens is 3. The minimum atomic E-state index is -0.176. The van der Waals surface area contributed by atoms with Crippen molar-refractivity contribution in [2.75, 3.05) is 12.8 Å². The molecular formula is C14H16ClN5O. The van der Waals surface area contributed by atoms with Gasteiger partial charge in [0.2, 0.25) is 0 Å². The zero-order valence-corrected chi connectivity index (χ0v) is 12.5. The minimum Gasteiger partial charge on any atom is -0.397 e. The number of carbonyl (C=O) groups excluding carboxylic acids is 1. The summed E-state index contributed by atoms with van der Waals surface area (Å²) in [5.74, 6) is 1.62. The Kier molecular flexibility index (Phi) is 3.55. The second-order valence-corrected chi connectivity index (χ2v) is 5.56. The molecular weight excluding hydrogens is 290 g/mol. The monoisotopic (exact) mass is 305 g/mol. The fraction of sp³-hybridized carbons (Fsp3) is 0.357. The highest BCUT2D eigenvalue weighted by Gasteiger charge is 2.21. The van der Waals surface area contributed by atoms with E-state index in [-0.39, 0.29) is 5.91 Å². The van der Waals surface area contributed by atoms with Crippen LogP contribution in [-0.2, 0) is 19.5 Å². The maximum Gasteiger partial charge on any atom is 0.256 e. The summed E-state index contributed by atoms with van der Waals surface area (Å²) in [5.41, 5.74) is 6.59. The van der Waals surface area contributed by atoms with Crippen molar-refractivity contribution < 1.29 is 4.79 Å². The smallest absolute Gasteiger partial charge is 0.256 e. The van der Waals surface area contributed by atoms with E-state index in [0.717, 1.165) is 31.0 Å². The van der Waals surface area contributed by atoms with Gasteiger partial charge in [0, 0.05) is 20.0 Å². The molecule has 3 rings (SSSR count). The topological polar surface area (TPSA) is 77.0 Å². The summed E-state index contributed by atoms with van der Waals surface area (Å²) in [6.07, 6.45) is 2.03. The molecule has 1 aliphatic heterocycles. The van der Waals surface area contributed by atoms with Crippen molar-refractivity contribution in [3.63, 3.8) is 0 Å². The fourth-order valence-corrected chi connectivity index (χ4v) is 2.72. The van der Waals surface area contributed by atoms with E-state index in [0.29, 0.717) is 22.8 Å². The Morgan fingerprint density at radius 3 is 3.10 bits per heavy atom. The van der Waals surface area contributed by atoms with Gasteiger partial charge in [0.25, 0.3) is 5.91 Å². The first kappa shape index (κ1) is 13.9. The van der Waals surface area contributed by atoms with Crippen LogP contribution in [0.4, 0.5) is 5.69 Å². The van der Waals surface area contributed by atoms with Crippen LogP contribution >= 0.6 is 11.6 Å². The van der Waals surface area contributed by atoms with Gasteiger partial charge in [-0.1, -0.05) is 17.7 Å². The van der Waals surface area contributed by atoms with Crippen molar-refractivity contribution in [3.8, 4) is 0 Å². The number of rotatable bonds is 3. The van der Waals surface area contributed by atoms with Gasteiger partial charge in [-0.3, -0.25) is 4.79 Å². The first-order chi connectivity index (χ1) is 10.1. The molecule has 0 fully saturated rings. The normalized spacial score (nSPS) is 13.2. The summed E-state index contributed by atoms with van der Waals surface area (Å²) in [5, 5.41) is 8.68. The molecule has 0 saturated heterocycles. The number of carbonyl (C=O) groups is 1. The molecule has 110 valence electrons. The third-order valence-electron chi connectivity index (χ3n) is 3.69. The van der Waals surface area contributed by atoms with Crippen LogP contribution in [0.25, 0.3) is 0 Å². The standard InChI is InChI=1S/C14H16ClN5O/c1-19(8-12-18-17-11-6-3-7-20(11)12)14(21)9-4-2-5-10(15)13(9)16/h2,4-5H,3,6-8,16H2,1H3. The number of amides is 1. The number of aryl methyl sites for hydroxylation is 1. The average Bonchev–Trinajstić information content (AvgIpc) is 3.06. The lowest BCUT2D eigenvalue weighted by Gasteiger charge is -2.18. The van der Waals surface area contributed by atoms with E-state index >= 15 is 0 Å². The molecule has 0 unspecified atom stereocenters.